The Balaban J connectivity index is 1.40. The zero-order chi connectivity index (χ0) is 22.5. The van der Waals surface area contributed by atoms with Gasteiger partial charge in [0.25, 0.3) is 5.91 Å². The number of carbonyl (C=O) groups is 2. The van der Waals surface area contributed by atoms with Crippen molar-refractivity contribution in [2.75, 3.05) is 20.3 Å². The van der Waals surface area contributed by atoms with E-state index in [4.69, 9.17) is 9.47 Å². The van der Waals surface area contributed by atoms with Crippen LogP contribution in [0.5, 0.6) is 5.88 Å². The summed E-state index contributed by atoms with van der Waals surface area (Å²) < 4.78 is 25.0. The van der Waals surface area contributed by atoms with E-state index in [9.17, 15) is 14.0 Å². The third-order valence-corrected chi connectivity index (χ3v) is 4.56. The molecule has 0 spiro atoms. The molecule has 0 radical (unpaired) electrons. The van der Waals surface area contributed by atoms with E-state index >= 15 is 0 Å². The molecule has 2 aromatic carbocycles. The maximum Gasteiger partial charge on any atom is 0.338 e. The highest BCUT2D eigenvalue weighted by Crippen LogP contribution is 2.19. The van der Waals surface area contributed by atoms with Crippen LogP contribution in [0, 0.1) is 5.82 Å². The largest absolute Gasteiger partial charge is 0.475 e. The molecule has 0 saturated heterocycles. The second-order valence-corrected chi connectivity index (χ2v) is 6.61. The van der Waals surface area contributed by atoms with E-state index in [1.807, 2.05) is 0 Å². The minimum atomic E-state index is -0.588. The minimum absolute atomic E-state index is 0.138. The Bertz CT molecular complexity index is 1270. The molecule has 0 aliphatic heterocycles. The van der Waals surface area contributed by atoms with E-state index in [2.05, 4.69) is 20.6 Å². The van der Waals surface area contributed by atoms with Crippen LogP contribution in [0.1, 0.15) is 20.7 Å². The molecule has 4 rings (SSSR count). The Hall–Kier alpha value is -4.34. The molecule has 32 heavy (non-hydrogen) atoms. The number of benzene rings is 2. The van der Waals surface area contributed by atoms with Crippen molar-refractivity contribution >= 4 is 17.5 Å². The molecule has 1 amide bonds. The first kappa shape index (κ1) is 20.9. The van der Waals surface area contributed by atoms with E-state index in [1.165, 1.54) is 29.8 Å². The van der Waals surface area contributed by atoms with E-state index in [0.717, 1.165) is 0 Å². The number of halogens is 1. The fourth-order valence-electron chi connectivity index (χ4n) is 3.01. The third-order valence-electron chi connectivity index (χ3n) is 4.56. The Morgan fingerprint density at radius 3 is 2.50 bits per heavy atom. The lowest BCUT2D eigenvalue weighted by Gasteiger charge is -2.10. The van der Waals surface area contributed by atoms with Gasteiger partial charge >= 0.3 is 5.97 Å². The van der Waals surface area contributed by atoms with E-state index < -0.39 is 11.9 Å². The number of amides is 1. The predicted molar refractivity (Wildman–Crippen MR) is 112 cm³/mol. The smallest absolute Gasteiger partial charge is 0.338 e. The van der Waals surface area contributed by atoms with Crippen LogP contribution in [0.4, 0.5) is 4.39 Å². The normalized spacial score (nSPS) is 10.7. The molecule has 0 atom stereocenters. The van der Waals surface area contributed by atoms with Crippen LogP contribution in [0.15, 0.2) is 60.7 Å². The first-order valence-corrected chi connectivity index (χ1v) is 9.63. The van der Waals surface area contributed by atoms with Crippen molar-refractivity contribution in [3.63, 3.8) is 0 Å². The lowest BCUT2D eigenvalue weighted by atomic mass is 10.1. The summed E-state index contributed by atoms with van der Waals surface area (Å²) in [6.45, 7) is 0.319. The molecule has 2 aromatic heterocycles. The van der Waals surface area contributed by atoms with Crippen molar-refractivity contribution < 1.29 is 23.5 Å². The van der Waals surface area contributed by atoms with Crippen LogP contribution in [0.3, 0.4) is 0 Å². The molecule has 0 aliphatic rings. The Morgan fingerprint density at radius 1 is 1.00 bits per heavy atom. The molecule has 4 aromatic rings. The zero-order valence-corrected chi connectivity index (χ0v) is 17.0. The Labute approximate surface area is 181 Å². The van der Waals surface area contributed by atoms with Gasteiger partial charge in [-0.25, -0.2) is 9.18 Å². The average Bonchev–Trinajstić information content (AvgIpc) is 3.25. The van der Waals surface area contributed by atoms with Gasteiger partial charge in [-0.15, -0.1) is 15.3 Å². The van der Waals surface area contributed by atoms with Gasteiger partial charge in [-0.05, 0) is 42.5 Å². The van der Waals surface area contributed by atoms with Crippen molar-refractivity contribution in [1.29, 1.82) is 0 Å². The average molecular weight is 435 g/mol. The standard InChI is InChI=1S/C22H18FN5O4/c1-31-22(30)17-5-3-2-4-16(17)21(29)24-12-13-32-19-11-10-18-25-26-20(28(18)27-19)14-6-8-15(23)9-7-14/h2-11H,12-13H2,1H3,(H,24,29). The first-order chi connectivity index (χ1) is 15.6. The highest BCUT2D eigenvalue weighted by molar-refractivity contribution is 6.05. The van der Waals surface area contributed by atoms with Crippen molar-refractivity contribution in [2.45, 2.75) is 0 Å². The van der Waals surface area contributed by atoms with Crippen LogP contribution in [-0.4, -0.2) is 51.9 Å². The number of methoxy groups -OCH3 is 1. The fraction of sp³-hybridized carbons (Fsp3) is 0.136. The summed E-state index contributed by atoms with van der Waals surface area (Å²) in [5, 5.41) is 15.2. The number of aromatic nitrogens is 4. The van der Waals surface area contributed by atoms with Crippen LogP contribution < -0.4 is 10.1 Å². The molecular weight excluding hydrogens is 417 g/mol. The molecule has 0 fully saturated rings. The molecule has 0 unspecified atom stereocenters. The summed E-state index contributed by atoms with van der Waals surface area (Å²) >= 11 is 0. The Kier molecular flexibility index (Phi) is 6.02. The van der Waals surface area contributed by atoms with E-state index in [1.54, 1.807) is 42.5 Å². The van der Waals surface area contributed by atoms with Gasteiger partial charge in [-0.1, -0.05) is 12.1 Å². The highest BCUT2D eigenvalue weighted by Gasteiger charge is 2.16. The number of esters is 1. The summed E-state index contributed by atoms with van der Waals surface area (Å²) in [6, 6.07) is 15.5. The van der Waals surface area contributed by atoms with Gasteiger partial charge in [0, 0.05) is 11.6 Å². The maximum atomic E-state index is 13.2. The van der Waals surface area contributed by atoms with E-state index in [-0.39, 0.29) is 30.1 Å². The molecular formula is C22H18FN5O4. The van der Waals surface area contributed by atoms with Gasteiger partial charge in [0.15, 0.2) is 11.5 Å². The Morgan fingerprint density at radius 2 is 1.75 bits per heavy atom. The van der Waals surface area contributed by atoms with Crippen LogP contribution >= 0.6 is 0 Å². The second-order valence-electron chi connectivity index (χ2n) is 6.61. The first-order valence-electron chi connectivity index (χ1n) is 9.63. The molecule has 2 heterocycles. The number of nitrogens with zero attached hydrogens (tertiary/aromatic N) is 4. The molecule has 1 N–H and O–H groups in total. The quantitative estimate of drug-likeness (QED) is 0.351. The molecule has 0 saturated carbocycles. The summed E-state index contributed by atoms with van der Waals surface area (Å²) in [4.78, 5) is 24.2. The monoisotopic (exact) mass is 435 g/mol. The lowest BCUT2D eigenvalue weighted by molar-refractivity contribution is 0.0596. The van der Waals surface area contributed by atoms with Crippen LogP contribution in [0.2, 0.25) is 0 Å². The van der Waals surface area contributed by atoms with Crippen LogP contribution in [-0.2, 0) is 4.74 Å². The third kappa shape index (κ3) is 4.38. The summed E-state index contributed by atoms with van der Waals surface area (Å²) in [5.41, 5.74) is 1.55. The number of ether oxygens (including phenoxy) is 2. The van der Waals surface area contributed by atoms with Crippen molar-refractivity contribution in [2.24, 2.45) is 0 Å². The molecule has 10 heteroatoms. The fourth-order valence-corrected chi connectivity index (χ4v) is 3.01. The number of carbonyl (C=O) groups excluding carboxylic acids is 2. The SMILES string of the molecule is COC(=O)c1ccccc1C(=O)NCCOc1ccc2nnc(-c3ccc(F)cc3)n2n1. The lowest BCUT2D eigenvalue weighted by Crippen LogP contribution is -2.29. The van der Waals surface area contributed by atoms with Gasteiger partial charge in [0.05, 0.1) is 24.8 Å². The van der Waals surface area contributed by atoms with Gasteiger partial charge in [-0.2, -0.15) is 4.52 Å². The summed E-state index contributed by atoms with van der Waals surface area (Å²) in [6.07, 6.45) is 0. The number of hydrogen-bond donors (Lipinski definition) is 1. The van der Waals surface area contributed by atoms with Crippen LogP contribution in [0.25, 0.3) is 17.0 Å². The zero-order valence-electron chi connectivity index (χ0n) is 17.0. The predicted octanol–water partition coefficient (Wildman–Crippen LogP) is 2.53. The topological polar surface area (TPSA) is 108 Å². The van der Waals surface area contributed by atoms with Gasteiger partial charge in [-0.3, -0.25) is 4.79 Å². The highest BCUT2D eigenvalue weighted by atomic mass is 19.1. The number of nitrogens with one attached hydrogen (secondary N) is 1. The van der Waals surface area contributed by atoms with Gasteiger partial charge in [0.2, 0.25) is 5.88 Å². The van der Waals surface area contributed by atoms with Gasteiger partial charge in [0.1, 0.15) is 12.4 Å². The number of rotatable bonds is 7. The molecule has 0 aliphatic carbocycles. The summed E-state index contributed by atoms with van der Waals surface area (Å²) in [7, 11) is 1.26. The van der Waals surface area contributed by atoms with Crippen molar-refractivity contribution in [3.05, 3.63) is 77.6 Å². The molecule has 162 valence electrons. The minimum Gasteiger partial charge on any atom is -0.475 e. The van der Waals surface area contributed by atoms with Crippen molar-refractivity contribution in [1.82, 2.24) is 25.1 Å². The van der Waals surface area contributed by atoms with Crippen molar-refractivity contribution in [3.8, 4) is 17.3 Å². The van der Waals surface area contributed by atoms with E-state index in [0.29, 0.717) is 22.9 Å². The second kappa shape index (κ2) is 9.21. The summed E-state index contributed by atoms with van der Waals surface area (Å²) in [5.74, 6) is -0.621. The van der Waals surface area contributed by atoms with Gasteiger partial charge < -0.3 is 14.8 Å². The molecule has 0 bridgehead atoms. The molecule has 9 nitrogen and oxygen atoms in total. The number of hydrogen-bond acceptors (Lipinski definition) is 7. The number of fused-ring (bicyclic) bond motifs is 1. The maximum absolute atomic E-state index is 13.2.